The minimum absolute atomic E-state index is 0.128. The predicted octanol–water partition coefficient (Wildman–Crippen LogP) is 2.47. The van der Waals surface area contributed by atoms with Gasteiger partial charge in [-0.05, 0) is 31.5 Å². The lowest BCUT2D eigenvalue weighted by Gasteiger charge is -2.09. The summed E-state index contributed by atoms with van der Waals surface area (Å²) in [7, 11) is -3.79. The van der Waals surface area contributed by atoms with Crippen LogP contribution in [-0.2, 0) is 16.4 Å². The van der Waals surface area contributed by atoms with E-state index in [1.54, 1.807) is 0 Å². The molecule has 1 heterocycles. The number of nitrogens with one attached hydrogen (secondary N) is 1. The monoisotopic (exact) mass is 349 g/mol. The van der Waals surface area contributed by atoms with Gasteiger partial charge in [-0.25, -0.2) is 17.5 Å². The average molecular weight is 350 g/mol. The minimum Gasteiger partial charge on any atom is -0.211 e. The SMILES string of the molecule is Cc1nnc(CCNS(=O)(=O)c2cc(C)c(F)cc2Cl)s1. The molecule has 0 unspecified atom stereocenters. The van der Waals surface area contributed by atoms with Gasteiger partial charge >= 0.3 is 0 Å². The average Bonchev–Trinajstić information content (AvgIpc) is 2.79. The lowest BCUT2D eigenvalue weighted by molar-refractivity contribution is 0.580. The second-order valence-electron chi connectivity index (χ2n) is 4.39. The van der Waals surface area contributed by atoms with Crippen molar-refractivity contribution >= 4 is 33.0 Å². The molecule has 5 nitrogen and oxygen atoms in total. The first-order valence-electron chi connectivity index (χ1n) is 6.04. The molecule has 0 bridgehead atoms. The Hall–Kier alpha value is -1.09. The fourth-order valence-corrected chi connectivity index (χ4v) is 3.98. The number of hydrogen-bond acceptors (Lipinski definition) is 5. The molecular formula is C12H13ClFN3O2S2. The third-order valence-corrected chi connectivity index (χ3v) is 5.53. The Morgan fingerprint density at radius 1 is 1.33 bits per heavy atom. The van der Waals surface area contributed by atoms with Crippen LogP contribution in [0.3, 0.4) is 0 Å². The van der Waals surface area contributed by atoms with Gasteiger partial charge in [0, 0.05) is 13.0 Å². The number of benzene rings is 1. The van der Waals surface area contributed by atoms with E-state index in [2.05, 4.69) is 14.9 Å². The highest BCUT2D eigenvalue weighted by atomic mass is 35.5. The number of aromatic nitrogens is 2. The first kappa shape index (κ1) is 16.3. The molecule has 1 N–H and O–H groups in total. The Morgan fingerprint density at radius 2 is 2.05 bits per heavy atom. The summed E-state index contributed by atoms with van der Waals surface area (Å²) in [4.78, 5) is -0.128. The summed E-state index contributed by atoms with van der Waals surface area (Å²) in [6, 6.07) is 2.22. The fourth-order valence-electron chi connectivity index (χ4n) is 1.65. The van der Waals surface area contributed by atoms with Crippen molar-refractivity contribution in [1.82, 2.24) is 14.9 Å². The number of aryl methyl sites for hydroxylation is 2. The molecule has 21 heavy (non-hydrogen) atoms. The van der Waals surface area contributed by atoms with Gasteiger partial charge in [-0.15, -0.1) is 21.5 Å². The van der Waals surface area contributed by atoms with Gasteiger partial charge in [-0.1, -0.05) is 11.6 Å². The van der Waals surface area contributed by atoms with Crippen LogP contribution < -0.4 is 4.72 Å². The fraction of sp³-hybridized carbons (Fsp3) is 0.333. The first-order chi connectivity index (χ1) is 9.79. The van der Waals surface area contributed by atoms with Crippen LogP contribution in [0.2, 0.25) is 5.02 Å². The molecule has 0 aliphatic carbocycles. The summed E-state index contributed by atoms with van der Waals surface area (Å²) in [5.41, 5.74) is 0.222. The molecule has 1 aromatic heterocycles. The van der Waals surface area contributed by atoms with Crippen molar-refractivity contribution in [3.63, 3.8) is 0 Å². The van der Waals surface area contributed by atoms with Crippen LogP contribution in [0, 0.1) is 19.7 Å². The zero-order chi connectivity index (χ0) is 15.6. The van der Waals surface area contributed by atoms with E-state index in [0.29, 0.717) is 6.42 Å². The second kappa shape index (κ2) is 6.35. The van der Waals surface area contributed by atoms with Crippen LogP contribution in [0.25, 0.3) is 0 Å². The van der Waals surface area contributed by atoms with Gasteiger partial charge in [0.15, 0.2) is 0 Å². The Morgan fingerprint density at radius 3 is 2.67 bits per heavy atom. The quantitative estimate of drug-likeness (QED) is 0.900. The number of sulfonamides is 1. The number of nitrogens with zero attached hydrogens (tertiary/aromatic N) is 2. The third-order valence-electron chi connectivity index (χ3n) is 2.70. The van der Waals surface area contributed by atoms with Gasteiger partial charge in [-0.2, -0.15) is 0 Å². The summed E-state index contributed by atoms with van der Waals surface area (Å²) in [5.74, 6) is -0.539. The van der Waals surface area contributed by atoms with Gasteiger partial charge in [0.25, 0.3) is 0 Å². The molecule has 0 aliphatic heterocycles. The Bertz CT molecular complexity index is 762. The van der Waals surface area contributed by atoms with E-state index in [9.17, 15) is 12.8 Å². The van der Waals surface area contributed by atoms with Gasteiger partial charge in [0.05, 0.1) is 5.02 Å². The summed E-state index contributed by atoms with van der Waals surface area (Å²) in [6.45, 7) is 3.48. The third kappa shape index (κ3) is 3.97. The van der Waals surface area contributed by atoms with Crippen LogP contribution in [0.5, 0.6) is 0 Å². The van der Waals surface area contributed by atoms with Crippen LogP contribution >= 0.6 is 22.9 Å². The zero-order valence-corrected chi connectivity index (χ0v) is 13.7. The molecule has 0 fully saturated rings. The van der Waals surface area contributed by atoms with Crippen LogP contribution in [0.4, 0.5) is 4.39 Å². The highest BCUT2D eigenvalue weighted by Crippen LogP contribution is 2.24. The van der Waals surface area contributed by atoms with Crippen LogP contribution in [0.1, 0.15) is 15.6 Å². The molecule has 1 aromatic carbocycles. The van der Waals surface area contributed by atoms with Gasteiger partial charge in [-0.3, -0.25) is 0 Å². The normalized spacial score (nSPS) is 11.8. The smallest absolute Gasteiger partial charge is 0.211 e. The Balaban J connectivity index is 2.10. The molecule has 0 radical (unpaired) electrons. The van der Waals surface area contributed by atoms with E-state index in [4.69, 9.17) is 11.6 Å². The summed E-state index contributed by atoms with van der Waals surface area (Å²) >= 11 is 7.21. The van der Waals surface area contributed by atoms with E-state index >= 15 is 0 Å². The van der Waals surface area contributed by atoms with Gasteiger partial charge in [0.2, 0.25) is 10.0 Å². The van der Waals surface area contributed by atoms with Crippen molar-refractivity contribution in [1.29, 1.82) is 0 Å². The molecule has 114 valence electrons. The molecule has 0 saturated carbocycles. The predicted molar refractivity (Wildman–Crippen MR) is 79.7 cm³/mol. The van der Waals surface area contributed by atoms with E-state index in [1.807, 2.05) is 6.92 Å². The van der Waals surface area contributed by atoms with Crippen molar-refractivity contribution in [2.45, 2.75) is 25.2 Å². The van der Waals surface area contributed by atoms with Crippen molar-refractivity contribution in [2.24, 2.45) is 0 Å². The molecule has 0 aliphatic rings. The van der Waals surface area contributed by atoms with Gasteiger partial charge in [0.1, 0.15) is 20.7 Å². The largest absolute Gasteiger partial charge is 0.242 e. The molecule has 0 atom stereocenters. The lowest BCUT2D eigenvalue weighted by Crippen LogP contribution is -2.26. The van der Waals surface area contributed by atoms with Crippen molar-refractivity contribution < 1.29 is 12.8 Å². The molecule has 0 spiro atoms. The van der Waals surface area contributed by atoms with E-state index in [-0.39, 0.29) is 22.0 Å². The maximum absolute atomic E-state index is 13.3. The van der Waals surface area contributed by atoms with Crippen LogP contribution in [-0.4, -0.2) is 25.2 Å². The summed E-state index contributed by atoms with van der Waals surface area (Å²) in [5, 5.41) is 9.19. The maximum atomic E-state index is 13.3. The van der Waals surface area contributed by atoms with Crippen LogP contribution in [0.15, 0.2) is 17.0 Å². The highest BCUT2D eigenvalue weighted by Gasteiger charge is 2.19. The summed E-state index contributed by atoms with van der Waals surface area (Å²) in [6.07, 6.45) is 0.433. The van der Waals surface area contributed by atoms with E-state index in [0.717, 1.165) is 16.1 Å². The van der Waals surface area contributed by atoms with Gasteiger partial charge < -0.3 is 0 Å². The lowest BCUT2D eigenvalue weighted by atomic mass is 10.2. The second-order valence-corrected chi connectivity index (χ2v) is 7.80. The Kier molecular flexibility index (Phi) is 4.92. The van der Waals surface area contributed by atoms with Crippen molar-refractivity contribution in [3.05, 3.63) is 38.6 Å². The highest BCUT2D eigenvalue weighted by molar-refractivity contribution is 7.89. The first-order valence-corrected chi connectivity index (χ1v) is 8.71. The summed E-state index contributed by atoms with van der Waals surface area (Å²) < 4.78 is 40.1. The molecule has 0 amide bonds. The molecule has 0 saturated heterocycles. The minimum atomic E-state index is -3.79. The number of halogens is 2. The maximum Gasteiger partial charge on any atom is 0.242 e. The molecule has 2 rings (SSSR count). The number of hydrogen-bond donors (Lipinski definition) is 1. The number of rotatable bonds is 5. The van der Waals surface area contributed by atoms with E-state index in [1.165, 1.54) is 24.3 Å². The molecular weight excluding hydrogens is 337 g/mol. The zero-order valence-electron chi connectivity index (χ0n) is 11.4. The Labute approximate surface area is 131 Å². The topological polar surface area (TPSA) is 72.0 Å². The molecule has 9 heteroatoms. The van der Waals surface area contributed by atoms with E-state index < -0.39 is 15.8 Å². The standard InChI is InChI=1S/C12H13ClFN3O2S2/c1-7-5-11(9(13)6-10(7)14)21(18,19)15-4-3-12-17-16-8(2)20-12/h5-6,15H,3-4H2,1-2H3. The van der Waals surface area contributed by atoms with Crippen molar-refractivity contribution in [2.75, 3.05) is 6.54 Å². The molecule has 2 aromatic rings. The van der Waals surface area contributed by atoms with Crippen molar-refractivity contribution in [3.8, 4) is 0 Å².